The van der Waals surface area contributed by atoms with Crippen molar-refractivity contribution in [3.63, 3.8) is 0 Å². The number of halogens is 1. The van der Waals surface area contributed by atoms with Crippen molar-refractivity contribution >= 4 is 23.1 Å². The fourth-order valence-corrected chi connectivity index (χ4v) is 3.11. The maximum atomic E-state index is 6.03. The largest absolute Gasteiger partial charge is 0.300 e. The van der Waals surface area contributed by atoms with Gasteiger partial charge in [0.2, 0.25) is 0 Å². The fraction of sp³-hybridized carbons (Fsp3) is 0.818. The highest BCUT2D eigenvalue weighted by Gasteiger charge is 2.26. The molecule has 96 valence electrons. The smallest absolute Gasteiger partial charge is 0.138 e. The van der Waals surface area contributed by atoms with Crippen LogP contribution >= 0.6 is 23.1 Å². The first-order valence-electron chi connectivity index (χ1n) is 6.17. The number of likely N-dealkylation sites (N-methyl/N-ethyl adjacent to an activating group) is 1. The van der Waals surface area contributed by atoms with Crippen LogP contribution in [0, 0.1) is 0 Å². The van der Waals surface area contributed by atoms with E-state index in [9.17, 15) is 0 Å². The van der Waals surface area contributed by atoms with Gasteiger partial charge in [0.1, 0.15) is 10.0 Å². The van der Waals surface area contributed by atoms with Gasteiger partial charge in [-0.1, -0.05) is 29.9 Å². The molecule has 1 aromatic heterocycles. The Bertz CT molecular complexity index is 353. The Morgan fingerprint density at radius 2 is 2.24 bits per heavy atom. The molecule has 0 aliphatic carbocycles. The molecule has 0 amide bonds. The summed E-state index contributed by atoms with van der Waals surface area (Å²) in [5, 5.41) is 4.07. The summed E-state index contributed by atoms with van der Waals surface area (Å²) in [5.41, 5.74) is 0.928. The molecule has 4 nitrogen and oxygen atoms in total. The molecule has 0 N–H and O–H groups in total. The van der Waals surface area contributed by atoms with Gasteiger partial charge in [-0.25, -0.2) is 0 Å². The van der Waals surface area contributed by atoms with Crippen molar-refractivity contribution in [2.24, 2.45) is 0 Å². The van der Waals surface area contributed by atoms with Crippen molar-refractivity contribution in [3.05, 3.63) is 10.0 Å². The van der Waals surface area contributed by atoms with Crippen LogP contribution in [0.5, 0.6) is 0 Å². The number of likely N-dealkylation sites (tertiary alicyclic amines) is 1. The predicted octanol–water partition coefficient (Wildman–Crippen LogP) is 2.11. The van der Waals surface area contributed by atoms with Crippen molar-refractivity contribution in [2.75, 3.05) is 26.2 Å². The Balaban J connectivity index is 1.88. The summed E-state index contributed by atoms with van der Waals surface area (Å²) < 4.78 is 4.61. The maximum absolute atomic E-state index is 6.03. The first kappa shape index (κ1) is 13.2. The summed E-state index contributed by atoms with van der Waals surface area (Å²) in [6, 6.07) is 0.690. The monoisotopic (exact) mass is 274 g/mol. The standard InChI is InChI=1S/C11H19ClN4S/c1-3-16(4-2)9-5-6-15(7-9)8-10-11(12)17-14-13-10/h9H,3-8H2,1-2H3. The van der Waals surface area contributed by atoms with E-state index in [-0.39, 0.29) is 0 Å². The molecule has 17 heavy (non-hydrogen) atoms. The van der Waals surface area contributed by atoms with Crippen LogP contribution < -0.4 is 0 Å². The van der Waals surface area contributed by atoms with E-state index in [0.29, 0.717) is 6.04 Å². The summed E-state index contributed by atoms with van der Waals surface area (Å²) in [5.74, 6) is 0. The zero-order valence-corrected chi connectivity index (χ0v) is 12.0. The van der Waals surface area contributed by atoms with E-state index < -0.39 is 0 Å². The van der Waals surface area contributed by atoms with Crippen molar-refractivity contribution in [1.82, 2.24) is 19.4 Å². The van der Waals surface area contributed by atoms with Crippen molar-refractivity contribution in [3.8, 4) is 0 Å². The molecule has 0 aromatic carbocycles. The summed E-state index contributed by atoms with van der Waals surface area (Å²) in [4.78, 5) is 4.95. The lowest BCUT2D eigenvalue weighted by molar-refractivity contribution is 0.208. The van der Waals surface area contributed by atoms with Crippen LogP contribution in [0.3, 0.4) is 0 Å². The molecule has 0 radical (unpaired) electrons. The lowest BCUT2D eigenvalue weighted by atomic mass is 10.2. The van der Waals surface area contributed by atoms with Gasteiger partial charge in [0.25, 0.3) is 0 Å². The quantitative estimate of drug-likeness (QED) is 0.823. The fourth-order valence-electron chi connectivity index (χ4n) is 2.50. The van der Waals surface area contributed by atoms with E-state index in [4.69, 9.17) is 11.6 Å². The molecule has 0 saturated carbocycles. The third kappa shape index (κ3) is 3.16. The van der Waals surface area contributed by atoms with E-state index in [1.54, 1.807) is 0 Å². The van der Waals surface area contributed by atoms with Crippen LogP contribution in [0.25, 0.3) is 0 Å². The van der Waals surface area contributed by atoms with Crippen LogP contribution in [0.2, 0.25) is 4.34 Å². The number of aromatic nitrogens is 2. The molecule has 1 aromatic rings. The molecule has 0 bridgehead atoms. The molecule has 1 unspecified atom stereocenters. The van der Waals surface area contributed by atoms with Gasteiger partial charge in [0.15, 0.2) is 0 Å². The molecule has 1 fully saturated rings. The average molecular weight is 275 g/mol. The van der Waals surface area contributed by atoms with Crippen LogP contribution in [0.4, 0.5) is 0 Å². The molecular formula is C11H19ClN4S. The predicted molar refractivity (Wildman–Crippen MR) is 71.5 cm³/mol. The number of nitrogens with zero attached hydrogens (tertiary/aromatic N) is 4. The summed E-state index contributed by atoms with van der Waals surface area (Å²) in [6.45, 7) is 9.82. The lowest BCUT2D eigenvalue weighted by Crippen LogP contribution is -2.37. The molecular weight excluding hydrogens is 256 g/mol. The maximum Gasteiger partial charge on any atom is 0.138 e. The van der Waals surface area contributed by atoms with E-state index in [1.165, 1.54) is 18.0 Å². The van der Waals surface area contributed by atoms with Gasteiger partial charge in [0, 0.05) is 37.2 Å². The Labute approximate surface area is 112 Å². The summed E-state index contributed by atoms with van der Waals surface area (Å²) in [7, 11) is 0. The van der Waals surface area contributed by atoms with Gasteiger partial charge >= 0.3 is 0 Å². The van der Waals surface area contributed by atoms with Gasteiger partial charge in [0.05, 0.1) is 0 Å². The van der Waals surface area contributed by atoms with Gasteiger partial charge in [-0.3, -0.25) is 9.80 Å². The number of hydrogen-bond donors (Lipinski definition) is 0. The Hall–Kier alpha value is -0.230. The number of hydrogen-bond acceptors (Lipinski definition) is 5. The molecule has 6 heteroatoms. The average Bonchev–Trinajstić information content (AvgIpc) is 2.92. The van der Waals surface area contributed by atoms with E-state index >= 15 is 0 Å². The lowest BCUT2D eigenvalue weighted by Gasteiger charge is -2.26. The number of rotatable bonds is 5. The van der Waals surface area contributed by atoms with Crippen molar-refractivity contribution in [2.45, 2.75) is 32.9 Å². The highest BCUT2D eigenvalue weighted by molar-refractivity contribution is 7.10. The van der Waals surface area contributed by atoms with Crippen molar-refractivity contribution < 1.29 is 0 Å². The zero-order valence-electron chi connectivity index (χ0n) is 10.4. The molecule has 1 saturated heterocycles. The molecule has 1 atom stereocenters. The van der Waals surface area contributed by atoms with E-state index in [1.807, 2.05) is 0 Å². The van der Waals surface area contributed by atoms with Crippen molar-refractivity contribution in [1.29, 1.82) is 0 Å². The minimum absolute atomic E-state index is 0.690. The van der Waals surface area contributed by atoms with Gasteiger partial charge in [-0.15, -0.1) is 5.10 Å². The minimum atomic E-state index is 0.690. The second-order valence-electron chi connectivity index (χ2n) is 4.39. The zero-order chi connectivity index (χ0) is 12.3. The first-order valence-corrected chi connectivity index (χ1v) is 7.32. The normalized spacial score (nSPS) is 21.5. The topological polar surface area (TPSA) is 32.3 Å². The van der Waals surface area contributed by atoms with Crippen LogP contribution in [-0.4, -0.2) is 51.6 Å². The SMILES string of the molecule is CCN(CC)C1CCN(Cc2nnsc2Cl)C1. The third-order valence-electron chi connectivity index (χ3n) is 3.46. The minimum Gasteiger partial charge on any atom is -0.300 e. The Morgan fingerprint density at radius 3 is 2.82 bits per heavy atom. The Kier molecular flexibility index (Phi) is 4.73. The molecule has 1 aliphatic heterocycles. The van der Waals surface area contributed by atoms with Crippen LogP contribution in [0.1, 0.15) is 26.0 Å². The Morgan fingerprint density at radius 1 is 1.47 bits per heavy atom. The molecule has 0 spiro atoms. The second kappa shape index (κ2) is 6.09. The van der Waals surface area contributed by atoms with Crippen LogP contribution in [-0.2, 0) is 6.54 Å². The summed E-state index contributed by atoms with van der Waals surface area (Å²) in [6.07, 6.45) is 1.25. The van der Waals surface area contributed by atoms with Gasteiger partial charge in [-0.05, 0) is 19.5 Å². The molecule has 1 aliphatic rings. The molecule has 2 heterocycles. The van der Waals surface area contributed by atoms with E-state index in [0.717, 1.165) is 42.8 Å². The van der Waals surface area contributed by atoms with Gasteiger partial charge < -0.3 is 0 Å². The van der Waals surface area contributed by atoms with Gasteiger partial charge in [-0.2, -0.15) is 0 Å². The van der Waals surface area contributed by atoms with E-state index in [2.05, 4.69) is 33.2 Å². The molecule has 2 rings (SSSR count). The second-order valence-corrected chi connectivity index (χ2v) is 5.75. The highest BCUT2D eigenvalue weighted by atomic mass is 35.5. The third-order valence-corrected chi connectivity index (χ3v) is 4.44. The summed E-state index contributed by atoms with van der Waals surface area (Å²) >= 11 is 7.30. The van der Waals surface area contributed by atoms with Crippen LogP contribution in [0.15, 0.2) is 0 Å². The first-order chi connectivity index (χ1) is 8.24. The highest BCUT2D eigenvalue weighted by Crippen LogP contribution is 2.22.